The average Bonchev–Trinajstić information content (AvgIpc) is 2.59. The minimum absolute atomic E-state index is 0.668. The second-order valence-corrected chi connectivity index (χ2v) is 8.81. The van der Waals surface area contributed by atoms with Gasteiger partial charge in [0.2, 0.25) is 0 Å². The molecule has 1 aromatic carbocycles. The highest BCUT2D eigenvalue weighted by atomic mass is 28.3. The molecule has 0 saturated carbocycles. The monoisotopic (exact) mass is 331 g/mol. The summed E-state index contributed by atoms with van der Waals surface area (Å²) in [5.74, 6) is 0. The van der Waals surface area contributed by atoms with Crippen LogP contribution in [-0.4, -0.2) is 71.2 Å². The van der Waals surface area contributed by atoms with Gasteiger partial charge < -0.3 is 14.5 Å². The molecule has 0 spiro atoms. The molecule has 1 heterocycles. The highest BCUT2D eigenvalue weighted by Crippen LogP contribution is 2.08. The first kappa shape index (κ1) is 18.4. The zero-order valence-electron chi connectivity index (χ0n) is 14.8. The van der Waals surface area contributed by atoms with E-state index in [0.29, 0.717) is 0 Å². The van der Waals surface area contributed by atoms with E-state index < -0.39 is 8.80 Å². The molecule has 0 atom stereocenters. The van der Waals surface area contributed by atoms with E-state index in [1.807, 2.05) is 6.08 Å². The van der Waals surface area contributed by atoms with Crippen LogP contribution in [0.3, 0.4) is 0 Å². The Labute approximate surface area is 143 Å². The van der Waals surface area contributed by atoms with Crippen molar-refractivity contribution in [3.8, 4) is 0 Å². The lowest BCUT2D eigenvalue weighted by Gasteiger charge is -2.32. The molecule has 3 nitrogen and oxygen atoms in total. The molecule has 1 saturated heterocycles. The number of nitrogens with zero attached hydrogens (tertiary/aromatic N) is 2. The van der Waals surface area contributed by atoms with Crippen molar-refractivity contribution in [3.05, 3.63) is 36.4 Å². The Kier molecular flexibility index (Phi) is 8.02. The summed E-state index contributed by atoms with van der Waals surface area (Å²) in [4.78, 5) is 5.03. The lowest BCUT2D eigenvalue weighted by molar-refractivity contribution is 0.154. The van der Waals surface area contributed by atoms with Crippen LogP contribution < -0.4 is 5.19 Å². The van der Waals surface area contributed by atoms with E-state index in [1.54, 1.807) is 0 Å². The predicted octanol–water partition coefficient (Wildman–Crippen LogP) is 2.24. The van der Waals surface area contributed by atoms with Crippen molar-refractivity contribution in [2.75, 3.05) is 52.6 Å². The molecule has 1 aliphatic rings. The van der Waals surface area contributed by atoms with Gasteiger partial charge in [-0.05, 0) is 32.5 Å². The van der Waals surface area contributed by atoms with Crippen molar-refractivity contribution in [2.45, 2.75) is 19.4 Å². The van der Waals surface area contributed by atoms with Gasteiger partial charge in [0.15, 0.2) is 0 Å². The fourth-order valence-electron chi connectivity index (χ4n) is 3.09. The first-order valence-electron chi connectivity index (χ1n) is 8.79. The predicted molar refractivity (Wildman–Crippen MR) is 102 cm³/mol. The van der Waals surface area contributed by atoms with Crippen LogP contribution in [0.5, 0.6) is 0 Å². The van der Waals surface area contributed by atoms with E-state index >= 15 is 0 Å². The van der Waals surface area contributed by atoms with Crippen molar-refractivity contribution in [2.24, 2.45) is 0 Å². The molecular formula is C19H31N2OSi. The van der Waals surface area contributed by atoms with Crippen molar-refractivity contribution in [3.63, 3.8) is 0 Å². The van der Waals surface area contributed by atoms with Gasteiger partial charge in [-0.2, -0.15) is 0 Å². The second kappa shape index (κ2) is 10.0. The average molecular weight is 332 g/mol. The van der Waals surface area contributed by atoms with E-state index in [-0.39, 0.29) is 0 Å². The number of ether oxygens (including phenoxy) is 1. The summed E-state index contributed by atoms with van der Waals surface area (Å²) < 4.78 is 5.80. The van der Waals surface area contributed by atoms with Crippen LogP contribution in [0.25, 0.3) is 6.08 Å². The molecule has 1 aromatic rings. The number of hydrogen-bond acceptors (Lipinski definition) is 3. The van der Waals surface area contributed by atoms with Crippen LogP contribution >= 0.6 is 0 Å². The van der Waals surface area contributed by atoms with Crippen LogP contribution in [-0.2, 0) is 4.74 Å². The standard InChI is InChI=1S/C19H31N2OSi/c1-4-18-9-6-7-10-19(18)23(17-22-5-2)16-8-11-21-14-12-20(3)13-15-21/h4,6-7,9-10H,1,5,8,11-17H2,2-3H3. The van der Waals surface area contributed by atoms with Crippen molar-refractivity contribution >= 4 is 20.1 Å². The van der Waals surface area contributed by atoms with E-state index in [4.69, 9.17) is 4.74 Å². The summed E-state index contributed by atoms with van der Waals surface area (Å²) in [5, 5.41) is 1.49. The Morgan fingerprint density at radius 3 is 2.65 bits per heavy atom. The highest BCUT2D eigenvalue weighted by molar-refractivity contribution is 6.73. The van der Waals surface area contributed by atoms with Gasteiger partial charge in [0.05, 0.1) is 0 Å². The molecule has 0 aromatic heterocycles. The fourth-order valence-corrected chi connectivity index (χ4v) is 5.62. The summed E-state index contributed by atoms with van der Waals surface area (Å²) >= 11 is 0. The number of rotatable bonds is 9. The highest BCUT2D eigenvalue weighted by Gasteiger charge is 2.18. The molecule has 0 bridgehead atoms. The summed E-state index contributed by atoms with van der Waals surface area (Å²) in [5.41, 5.74) is 1.29. The van der Waals surface area contributed by atoms with Crippen molar-refractivity contribution < 1.29 is 4.74 Å². The summed E-state index contributed by atoms with van der Waals surface area (Å²) in [6, 6.07) is 9.99. The Hall–Kier alpha value is -0.943. The molecule has 23 heavy (non-hydrogen) atoms. The topological polar surface area (TPSA) is 15.7 Å². The summed E-state index contributed by atoms with van der Waals surface area (Å²) in [6.07, 6.45) is 4.18. The molecule has 1 radical (unpaired) electrons. The van der Waals surface area contributed by atoms with Gasteiger partial charge in [-0.3, -0.25) is 0 Å². The quantitative estimate of drug-likeness (QED) is 0.646. The maximum Gasteiger partial charge on any atom is 0.117 e. The number of hydrogen-bond donors (Lipinski definition) is 0. The third kappa shape index (κ3) is 5.88. The second-order valence-electron chi connectivity index (χ2n) is 6.28. The summed E-state index contributed by atoms with van der Waals surface area (Å²) in [7, 11) is 1.55. The zero-order chi connectivity index (χ0) is 16.5. The number of benzene rings is 1. The van der Waals surface area contributed by atoms with E-state index in [0.717, 1.165) is 12.8 Å². The first-order chi connectivity index (χ1) is 11.2. The van der Waals surface area contributed by atoms with Gasteiger partial charge in [-0.1, -0.05) is 48.2 Å². The summed E-state index contributed by atoms with van der Waals surface area (Å²) in [6.45, 7) is 12.9. The van der Waals surface area contributed by atoms with Crippen LogP contribution in [0.2, 0.25) is 6.04 Å². The normalized spacial score (nSPS) is 16.8. The molecule has 2 rings (SSSR count). The van der Waals surface area contributed by atoms with Crippen LogP contribution in [0.4, 0.5) is 0 Å². The molecule has 127 valence electrons. The van der Waals surface area contributed by atoms with Crippen molar-refractivity contribution in [1.82, 2.24) is 9.80 Å². The van der Waals surface area contributed by atoms with E-state index in [1.165, 1.54) is 55.9 Å². The third-order valence-corrected chi connectivity index (χ3v) is 7.32. The molecule has 1 fully saturated rings. The van der Waals surface area contributed by atoms with Gasteiger partial charge in [-0.15, -0.1) is 0 Å². The van der Waals surface area contributed by atoms with E-state index in [2.05, 4.69) is 54.6 Å². The van der Waals surface area contributed by atoms with Crippen LogP contribution in [0.15, 0.2) is 30.8 Å². The maximum atomic E-state index is 5.80. The fraction of sp³-hybridized carbons (Fsp3) is 0.579. The number of piperazine rings is 1. The van der Waals surface area contributed by atoms with Gasteiger partial charge in [-0.25, -0.2) is 0 Å². The Balaban J connectivity index is 1.89. The molecule has 4 heteroatoms. The van der Waals surface area contributed by atoms with Gasteiger partial charge >= 0.3 is 0 Å². The lowest BCUT2D eigenvalue weighted by atomic mass is 10.2. The largest absolute Gasteiger partial charge is 0.385 e. The molecule has 1 aliphatic heterocycles. The minimum atomic E-state index is -0.668. The third-order valence-electron chi connectivity index (χ3n) is 4.59. The van der Waals surface area contributed by atoms with E-state index in [9.17, 15) is 0 Å². The Morgan fingerprint density at radius 2 is 1.96 bits per heavy atom. The van der Waals surface area contributed by atoms with Gasteiger partial charge in [0.25, 0.3) is 0 Å². The van der Waals surface area contributed by atoms with Crippen LogP contribution in [0, 0.1) is 0 Å². The molecular weight excluding hydrogens is 300 g/mol. The van der Waals surface area contributed by atoms with Gasteiger partial charge in [0, 0.05) is 39.0 Å². The maximum absolute atomic E-state index is 5.80. The zero-order valence-corrected chi connectivity index (χ0v) is 15.8. The molecule has 0 unspecified atom stereocenters. The number of likely N-dealkylation sites (N-methyl/N-ethyl adjacent to an activating group) is 1. The Bertz CT molecular complexity index is 472. The smallest absolute Gasteiger partial charge is 0.117 e. The molecule has 0 aliphatic carbocycles. The van der Waals surface area contributed by atoms with Crippen molar-refractivity contribution in [1.29, 1.82) is 0 Å². The SMILES string of the molecule is C=Cc1ccccc1[Si](CCCN1CCN(C)CC1)COCC. The Morgan fingerprint density at radius 1 is 1.22 bits per heavy atom. The van der Waals surface area contributed by atoms with Crippen LogP contribution in [0.1, 0.15) is 18.9 Å². The molecule has 0 N–H and O–H groups in total. The lowest BCUT2D eigenvalue weighted by Crippen LogP contribution is -2.45. The minimum Gasteiger partial charge on any atom is -0.385 e. The van der Waals surface area contributed by atoms with Gasteiger partial charge in [0.1, 0.15) is 8.80 Å². The molecule has 0 amide bonds. The first-order valence-corrected chi connectivity index (χ1v) is 10.7.